The van der Waals surface area contributed by atoms with E-state index in [1.165, 1.54) is 25.6 Å². The summed E-state index contributed by atoms with van der Waals surface area (Å²) in [5, 5.41) is 11.3. The zero-order valence-electron chi connectivity index (χ0n) is 17.6. The van der Waals surface area contributed by atoms with E-state index in [1.54, 1.807) is 18.2 Å². The number of alkyl halides is 3. The minimum Gasteiger partial charge on any atom is -0.493 e. The first kappa shape index (κ1) is 23.2. The Morgan fingerprint density at radius 1 is 1.30 bits per heavy atom. The van der Waals surface area contributed by atoms with Gasteiger partial charge in [-0.05, 0) is 29.1 Å². The van der Waals surface area contributed by atoms with Crippen molar-refractivity contribution in [2.45, 2.75) is 31.2 Å². The van der Waals surface area contributed by atoms with Crippen molar-refractivity contribution in [1.82, 2.24) is 15.1 Å². The lowest BCUT2D eigenvalue weighted by atomic mass is 9.96. The first-order valence-corrected chi connectivity index (χ1v) is 11.1. The number of anilines is 1. The Labute approximate surface area is 196 Å². The molecule has 0 unspecified atom stereocenters. The van der Waals surface area contributed by atoms with Gasteiger partial charge in [0, 0.05) is 11.3 Å². The molecule has 0 aliphatic carbocycles. The minimum atomic E-state index is -4.61. The number of hydrogen-bond donors (Lipinski definition) is 2. The molecule has 4 rings (SSSR count). The van der Waals surface area contributed by atoms with Crippen LogP contribution in [0.3, 0.4) is 0 Å². The van der Waals surface area contributed by atoms with Crippen LogP contribution in [0.2, 0.25) is 5.02 Å². The van der Waals surface area contributed by atoms with Crippen LogP contribution >= 0.6 is 22.9 Å². The molecule has 0 bridgehead atoms. The standard InChI is InChI=1S/C21H20ClF3N4O3S/c1-31-14-6-5-11(8-15(14)32-2)13-9-16(21(23,24)25)29-19(27-13)17(22)18(28-29)20(30)26-10-12-4-3-7-33-12/h3-8,13,16,27H,9-10H2,1-2H3,(H,26,30)/t13-,16-/m1/s1. The van der Waals surface area contributed by atoms with Gasteiger partial charge in [-0.25, -0.2) is 4.68 Å². The number of ether oxygens (including phenoxy) is 2. The van der Waals surface area contributed by atoms with Crippen molar-refractivity contribution in [2.75, 3.05) is 19.5 Å². The molecule has 2 aromatic heterocycles. The van der Waals surface area contributed by atoms with E-state index in [-0.39, 0.29) is 29.5 Å². The minimum absolute atomic E-state index is 0.0636. The fourth-order valence-electron chi connectivity index (χ4n) is 3.69. The van der Waals surface area contributed by atoms with Crippen LogP contribution in [-0.2, 0) is 6.54 Å². The maximum absolute atomic E-state index is 14.0. The van der Waals surface area contributed by atoms with Gasteiger partial charge in [0.25, 0.3) is 5.91 Å². The first-order valence-electron chi connectivity index (χ1n) is 9.86. The molecule has 0 spiro atoms. The molecule has 0 saturated heterocycles. The van der Waals surface area contributed by atoms with Crippen LogP contribution in [0.15, 0.2) is 35.7 Å². The molecule has 12 heteroatoms. The third-order valence-corrected chi connectivity index (χ3v) is 6.56. The first-order chi connectivity index (χ1) is 15.7. The van der Waals surface area contributed by atoms with Crippen LogP contribution in [0.5, 0.6) is 11.5 Å². The molecule has 2 atom stereocenters. The number of aromatic nitrogens is 2. The zero-order chi connectivity index (χ0) is 23.8. The molecule has 2 N–H and O–H groups in total. The Hall–Kier alpha value is -2.92. The van der Waals surface area contributed by atoms with Gasteiger partial charge < -0.3 is 20.1 Å². The average Bonchev–Trinajstić information content (AvgIpc) is 3.43. The lowest BCUT2D eigenvalue weighted by molar-refractivity contribution is -0.173. The molecule has 0 saturated carbocycles. The highest BCUT2D eigenvalue weighted by Gasteiger charge is 2.48. The lowest BCUT2D eigenvalue weighted by Crippen LogP contribution is -2.36. The molecule has 0 fully saturated rings. The van der Waals surface area contributed by atoms with Crippen LogP contribution in [0.4, 0.5) is 19.0 Å². The van der Waals surface area contributed by atoms with E-state index in [4.69, 9.17) is 21.1 Å². The molecule has 7 nitrogen and oxygen atoms in total. The van der Waals surface area contributed by atoms with E-state index in [0.717, 1.165) is 9.56 Å². The van der Waals surface area contributed by atoms with Gasteiger partial charge in [-0.3, -0.25) is 4.79 Å². The quantitative estimate of drug-likeness (QED) is 0.486. The Morgan fingerprint density at radius 2 is 2.06 bits per heavy atom. The van der Waals surface area contributed by atoms with Gasteiger partial charge in [0.05, 0.1) is 26.8 Å². The summed E-state index contributed by atoms with van der Waals surface area (Å²) in [6.07, 6.45) is -4.95. The smallest absolute Gasteiger partial charge is 0.410 e. The number of thiophene rings is 1. The van der Waals surface area contributed by atoms with Crippen molar-refractivity contribution in [2.24, 2.45) is 0 Å². The Morgan fingerprint density at radius 3 is 2.70 bits per heavy atom. The highest BCUT2D eigenvalue weighted by Crippen LogP contribution is 2.47. The van der Waals surface area contributed by atoms with Gasteiger partial charge >= 0.3 is 6.18 Å². The fourth-order valence-corrected chi connectivity index (χ4v) is 4.60. The van der Waals surface area contributed by atoms with Crippen LogP contribution in [-0.4, -0.2) is 36.1 Å². The Bertz CT molecular complexity index is 1150. The number of halogens is 4. The van der Waals surface area contributed by atoms with Crippen molar-refractivity contribution in [3.05, 3.63) is 56.9 Å². The summed E-state index contributed by atoms with van der Waals surface area (Å²) in [5.74, 6) is 0.128. The van der Waals surface area contributed by atoms with Gasteiger partial charge in [-0.2, -0.15) is 18.3 Å². The molecular formula is C21H20ClF3N4O3S. The summed E-state index contributed by atoms with van der Waals surface area (Å²) >= 11 is 7.80. The molecule has 33 heavy (non-hydrogen) atoms. The summed E-state index contributed by atoms with van der Waals surface area (Å²) in [6.45, 7) is 0.222. The summed E-state index contributed by atoms with van der Waals surface area (Å²) in [6, 6.07) is 5.83. The SMILES string of the molecule is COc1ccc([C@H]2C[C@H](C(F)(F)F)n3nc(C(=O)NCc4cccs4)c(Cl)c3N2)cc1OC. The summed E-state index contributed by atoms with van der Waals surface area (Å²) in [5.41, 5.74) is 0.284. The number of nitrogens with one attached hydrogen (secondary N) is 2. The maximum Gasteiger partial charge on any atom is 0.410 e. The number of hydrogen-bond acceptors (Lipinski definition) is 6. The molecule has 3 aromatic rings. The number of amides is 1. The predicted octanol–water partition coefficient (Wildman–Crippen LogP) is 5.21. The fraction of sp³-hybridized carbons (Fsp3) is 0.333. The highest BCUT2D eigenvalue weighted by atomic mass is 35.5. The number of carbonyl (C=O) groups is 1. The van der Waals surface area contributed by atoms with Crippen molar-refractivity contribution in [1.29, 1.82) is 0 Å². The molecule has 1 aromatic carbocycles. The molecule has 176 valence electrons. The number of carbonyl (C=O) groups excluding carboxylic acids is 1. The summed E-state index contributed by atoms with van der Waals surface area (Å²) < 4.78 is 53.2. The highest BCUT2D eigenvalue weighted by molar-refractivity contribution is 7.09. The lowest BCUT2D eigenvalue weighted by Gasteiger charge is -2.33. The van der Waals surface area contributed by atoms with Crippen LogP contribution in [0.25, 0.3) is 0 Å². The van der Waals surface area contributed by atoms with E-state index < -0.39 is 24.2 Å². The second-order valence-electron chi connectivity index (χ2n) is 7.32. The van der Waals surface area contributed by atoms with E-state index in [0.29, 0.717) is 17.1 Å². The Balaban J connectivity index is 1.66. The second kappa shape index (κ2) is 9.14. The zero-order valence-corrected chi connectivity index (χ0v) is 19.1. The van der Waals surface area contributed by atoms with Gasteiger partial charge in [-0.1, -0.05) is 23.7 Å². The largest absolute Gasteiger partial charge is 0.493 e. The third kappa shape index (κ3) is 4.60. The topological polar surface area (TPSA) is 77.4 Å². The van der Waals surface area contributed by atoms with Gasteiger partial charge in [0.1, 0.15) is 10.8 Å². The van der Waals surface area contributed by atoms with Crippen LogP contribution in [0.1, 0.15) is 39.4 Å². The van der Waals surface area contributed by atoms with E-state index >= 15 is 0 Å². The molecule has 1 aliphatic rings. The molecule has 1 aliphatic heterocycles. The average molecular weight is 501 g/mol. The maximum atomic E-state index is 14.0. The Kier molecular flexibility index (Phi) is 6.44. The normalized spacial score (nSPS) is 17.8. The predicted molar refractivity (Wildman–Crippen MR) is 118 cm³/mol. The molecular weight excluding hydrogens is 481 g/mol. The number of rotatable bonds is 6. The van der Waals surface area contributed by atoms with Gasteiger partial charge in [-0.15, -0.1) is 11.3 Å². The van der Waals surface area contributed by atoms with Crippen molar-refractivity contribution in [3.63, 3.8) is 0 Å². The van der Waals surface area contributed by atoms with Crippen molar-refractivity contribution >= 4 is 34.7 Å². The van der Waals surface area contributed by atoms with Crippen molar-refractivity contribution < 1.29 is 27.4 Å². The second-order valence-corrected chi connectivity index (χ2v) is 8.73. The number of fused-ring (bicyclic) bond motifs is 1. The molecule has 0 radical (unpaired) electrons. The van der Waals surface area contributed by atoms with E-state index in [9.17, 15) is 18.0 Å². The molecule has 3 heterocycles. The van der Waals surface area contributed by atoms with E-state index in [1.807, 2.05) is 17.5 Å². The number of benzene rings is 1. The van der Waals surface area contributed by atoms with Crippen LogP contribution < -0.4 is 20.1 Å². The summed E-state index contributed by atoms with van der Waals surface area (Å²) in [7, 11) is 2.92. The summed E-state index contributed by atoms with van der Waals surface area (Å²) in [4.78, 5) is 13.5. The monoisotopic (exact) mass is 500 g/mol. The van der Waals surface area contributed by atoms with Crippen LogP contribution in [0, 0.1) is 0 Å². The number of methoxy groups -OCH3 is 2. The third-order valence-electron chi connectivity index (χ3n) is 5.32. The van der Waals surface area contributed by atoms with Crippen molar-refractivity contribution in [3.8, 4) is 11.5 Å². The number of nitrogens with zero attached hydrogens (tertiary/aromatic N) is 2. The van der Waals surface area contributed by atoms with Gasteiger partial charge in [0.15, 0.2) is 23.2 Å². The van der Waals surface area contributed by atoms with E-state index in [2.05, 4.69) is 15.7 Å². The van der Waals surface area contributed by atoms with Gasteiger partial charge in [0.2, 0.25) is 0 Å². The molecule has 1 amide bonds.